The molecule has 0 amide bonds. The lowest BCUT2D eigenvalue weighted by atomic mass is 10.1. The molecule has 5 nitrogen and oxygen atoms in total. The van der Waals surface area contributed by atoms with Gasteiger partial charge in [0.05, 0.1) is 16.0 Å². The van der Waals surface area contributed by atoms with Crippen LogP contribution in [-0.2, 0) is 20.1 Å². The van der Waals surface area contributed by atoms with Crippen molar-refractivity contribution in [3.8, 4) is 0 Å². The summed E-state index contributed by atoms with van der Waals surface area (Å²) >= 11 is 5.23. The first-order chi connectivity index (χ1) is 10.9. The highest BCUT2D eigenvalue weighted by Gasteiger charge is 2.15. The van der Waals surface area contributed by atoms with Gasteiger partial charge in [-0.2, -0.15) is 5.10 Å². The van der Waals surface area contributed by atoms with Crippen molar-refractivity contribution in [1.82, 2.24) is 20.0 Å². The smallest absolute Gasteiger partial charge is 0.193 e. The SMILES string of the molecule is CN=C(NCc1ccc(Br)s1)N(C)Cc1cn(C)nc1C(C)C. The van der Waals surface area contributed by atoms with Crippen molar-refractivity contribution >= 4 is 33.2 Å². The van der Waals surface area contributed by atoms with Crippen LogP contribution < -0.4 is 5.32 Å². The minimum absolute atomic E-state index is 0.415. The molecule has 0 aliphatic heterocycles. The number of nitrogens with zero attached hydrogens (tertiary/aromatic N) is 4. The maximum Gasteiger partial charge on any atom is 0.193 e. The van der Waals surface area contributed by atoms with E-state index in [-0.39, 0.29) is 0 Å². The Kier molecular flexibility index (Phi) is 6.24. The number of guanidine groups is 1. The summed E-state index contributed by atoms with van der Waals surface area (Å²) in [6.07, 6.45) is 2.09. The number of aryl methyl sites for hydroxylation is 1. The first-order valence-corrected chi connectivity index (χ1v) is 9.20. The molecule has 0 saturated heterocycles. The number of aromatic nitrogens is 2. The Balaban J connectivity index is 2.01. The number of nitrogens with one attached hydrogen (secondary N) is 1. The molecule has 0 aromatic carbocycles. The van der Waals surface area contributed by atoms with Gasteiger partial charge in [0.1, 0.15) is 0 Å². The van der Waals surface area contributed by atoms with Crippen LogP contribution in [0.1, 0.15) is 35.9 Å². The van der Waals surface area contributed by atoms with Crippen LogP contribution >= 0.6 is 27.3 Å². The molecular weight excluding hydrogens is 374 g/mol. The highest BCUT2D eigenvalue weighted by Crippen LogP contribution is 2.22. The summed E-state index contributed by atoms with van der Waals surface area (Å²) in [7, 11) is 5.84. The van der Waals surface area contributed by atoms with E-state index in [1.165, 1.54) is 10.4 Å². The summed E-state index contributed by atoms with van der Waals surface area (Å²) in [5.41, 5.74) is 2.39. The molecule has 126 valence electrons. The Morgan fingerprint density at radius 1 is 1.48 bits per heavy atom. The number of halogens is 1. The van der Waals surface area contributed by atoms with E-state index in [2.05, 4.69) is 75.5 Å². The molecule has 2 aromatic rings. The van der Waals surface area contributed by atoms with Crippen LogP contribution in [0.4, 0.5) is 0 Å². The monoisotopic (exact) mass is 397 g/mol. The molecule has 0 bridgehead atoms. The minimum Gasteiger partial charge on any atom is -0.351 e. The fraction of sp³-hybridized carbons (Fsp3) is 0.500. The van der Waals surface area contributed by atoms with E-state index in [9.17, 15) is 0 Å². The topological polar surface area (TPSA) is 45.5 Å². The van der Waals surface area contributed by atoms with Gasteiger partial charge in [-0.1, -0.05) is 13.8 Å². The van der Waals surface area contributed by atoms with E-state index in [1.807, 2.05) is 18.8 Å². The largest absolute Gasteiger partial charge is 0.351 e. The van der Waals surface area contributed by atoms with Crippen molar-refractivity contribution in [2.24, 2.45) is 12.0 Å². The third-order valence-electron chi connectivity index (χ3n) is 3.51. The standard InChI is InChI=1S/C16H24BrN5S/c1-11(2)15-12(10-22(5)20-15)9-21(4)16(18-3)19-8-13-6-7-14(17)23-13/h6-7,10-11H,8-9H2,1-5H3,(H,18,19). The Hall–Kier alpha value is -1.34. The molecule has 0 radical (unpaired) electrons. The fourth-order valence-corrected chi connectivity index (χ4v) is 3.91. The maximum atomic E-state index is 4.57. The van der Waals surface area contributed by atoms with Crippen LogP contribution in [0, 0.1) is 0 Å². The highest BCUT2D eigenvalue weighted by molar-refractivity contribution is 9.11. The van der Waals surface area contributed by atoms with Crippen molar-refractivity contribution in [1.29, 1.82) is 0 Å². The summed E-state index contributed by atoms with van der Waals surface area (Å²) < 4.78 is 3.03. The lowest BCUT2D eigenvalue weighted by molar-refractivity contribution is 0.473. The normalized spacial score (nSPS) is 12.0. The molecule has 0 fully saturated rings. The van der Waals surface area contributed by atoms with E-state index < -0.39 is 0 Å². The van der Waals surface area contributed by atoms with Gasteiger partial charge in [0.25, 0.3) is 0 Å². The van der Waals surface area contributed by atoms with Gasteiger partial charge >= 0.3 is 0 Å². The zero-order valence-electron chi connectivity index (χ0n) is 14.3. The maximum absolute atomic E-state index is 4.57. The van der Waals surface area contributed by atoms with Crippen molar-refractivity contribution < 1.29 is 0 Å². The minimum atomic E-state index is 0.415. The van der Waals surface area contributed by atoms with Crippen LogP contribution in [0.3, 0.4) is 0 Å². The van der Waals surface area contributed by atoms with Gasteiger partial charge in [-0.25, -0.2) is 0 Å². The summed E-state index contributed by atoms with van der Waals surface area (Å²) in [5, 5.41) is 7.98. The van der Waals surface area contributed by atoms with Gasteiger partial charge in [0.15, 0.2) is 5.96 Å². The second kappa shape index (κ2) is 7.97. The van der Waals surface area contributed by atoms with Crippen LogP contribution in [0.25, 0.3) is 0 Å². The zero-order chi connectivity index (χ0) is 17.0. The molecule has 0 atom stereocenters. The van der Waals surface area contributed by atoms with E-state index in [0.717, 1.165) is 28.5 Å². The Morgan fingerprint density at radius 2 is 2.22 bits per heavy atom. The number of thiophene rings is 1. The second-order valence-electron chi connectivity index (χ2n) is 5.83. The van der Waals surface area contributed by atoms with Crippen LogP contribution in [0.15, 0.2) is 27.1 Å². The molecule has 2 rings (SSSR count). The quantitative estimate of drug-likeness (QED) is 0.619. The molecule has 0 saturated carbocycles. The molecule has 0 aliphatic rings. The Bertz CT molecular complexity index is 674. The van der Waals surface area contributed by atoms with E-state index in [4.69, 9.17) is 0 Å². The summed E-state index contributed by atoms with van der Waals surface area (Å²) in [6, 6.07) is 4.19. The molecule has 2 heterocycles. The van der Waals surface area contributed by atoms with Crippen LogP contribution in [0.5, 0.6) is 0 Å². The third kappa shape index (κ3) is 4.81. The predicted octanol–water partition coefficient (Wildman–Crippen LogP) is 3.57. The lowest BCUT2D eigenvalue weighted by Gasteiger charge is -2.22. The molecule has 1 N–H and O–H groups in total. The summed E-state index contributed by atoms with van der Waals surface area (Å²) in [6.45, 7) is 5.91. The van der Waals surface area contributed by atoms with Gasteiger partial charge < -0.3 is 10.2 Å². The van der Waals surface area contributed by atoms with Gasteiger partial charge in [0.2, 0.25) is 0 Å². The van der Waals surface area contributed by atoms with Crippen LogP contribution in [-0.4, -0.2) is 34.7 Å². The highest BCUT2D eigenvalue weighted by atomic mass is 79.9. The first kappa shape index (κ1) is 18.0. The van der Waals surface area contributed by atoms with E-state index >= 15 is 0 Å². The number of rotatable bonds is 5. The van der Waals surface area contributed by atoms with E-state index in [1.54, 1.807) is 11.3 Å². The van der Waals surface area contributed by atoms with Crippen molar-refractivity contribution in [3.63, 3.8) is 0 Å². The average Bonchev–Trinajstić information content (AvgIpc) is 3.05. The molecule has 2 aromatic heterocycles. The van der Waals surface area contributed by atoms with Crippen molar-refractivity contribution in [3.05, 3.63) is 38.3 Å². The first-order valence-electron chi connectivity index (χ1n) is 7.59. The van der Waals surface area contributed by atoms with Gasteiger partial charge in [-0.3, -0.25) is 9.67 Å². The molecule has 7 heteroatoms. The van der Waals surface area contributed by atoms with E-state index in [0.29, 0.717) is 5.92 Å². The number of hydrogen-bond acceptors (Lipinski definition) is 3. The van der Waals surface area contributed by atoms with Gasteiger partial charge in [-0.05, 0) is 34.0 Å². The number of aliphatic imine (C=N–C) groups is 1. The molecule has 0 unspecified atom stereocenters. The third-order valence-corrected chi connectivity index (χ3v) is 5.14. The average molecular weight is 398 g/mol. The molecule has 23 heavy (non-hydrogen) atoms. The molecule has 0 aliphatic carbocycles. The Labute approximate surface area is 150 Å². The Morgan fingerprint density at radius 3 is 2.78 bits per heavy atom. The zero-order valence-corrected chi connectivity index (χ0v) is 16.7. The summed E-state index contributed by atoms with van der Waals surface area (Å²) in [5.74, 6) is 1.30. The summed E-state index contributed by atoms with van der Waals surface area (Å²) in [4.78, 5) is 7.79. The van der Waals surface area contributed by atoms with Crippen molar-refractivity contribution in [2.75, 3.05) is 14.1 Å². The lowest BCUT2D eigenvalue weighted by Crippen LogP contribution is -2.38. The van der Waals surface area contributed by atoms with Crippen LogP contribution in [0.2, 0.25) is 0 Å². The molecular formula is C16H24BrN5S. The predicted molar refractivity (Wildman–Crippen MR) is 101 cm³/mol. The second-order valence-corrected chi connectivity index (χ2v) is 8.38. The number of hydrogen-bond donors (Lipinski definition) is 1. The van der Waals surface area contributed by atoms with Gasteiger partial charge in [0, 0.05) is 44.3 Å². The molecule has 0 spiro atoms. The van der Waals surface area contributed by atoms with Crippen molar-refractivity contribution in [2.45, 2.75) is 32.9 Å². The van der Waals surface area contributed by atoms with Gasteiger partial charge in [-0.15, -0.1) is 11.3 Å². The fourth-order valence-electron chi connectivity index (χ4n) is 2.49.